The number of aliphatic hydroxyl groups excluding tert-OH is 1. The largest absolute Gasteiger partial charge is 0.396 e. The quantitative estimate of drug-likeness (QED) is 0.761. The average Bonchev–Trinajstić information content (AvgIpc) is 2.16. The third-order valence-electron chi connectivity index (χ3n) is 1.86. The van der Waals surface area contributed by atoms with E-state index in [0.29, 0.717) is 0 Å². The Morgan fingerprint density at radius 1 is 1.13 bits per heavy atom. The van der Waals surface area contributed by atoms with Crippen molar-refractivity contribution in [1.29, 1.82) is 0 Å². The van der Waals surface area contributed by atoms with Crippen LogP contribution >= 0.6 is 10.0 Å². The van der Waals surface area contributed by atoms with Crippen LogP contribution in [0.1, 0.15) is 11.1 Å². The molecule has 82 valence electrons. The van der Waals surface area contributed by atoms with Gasteiger partial charge in [0.15, 0.2) is 0 Å². The second-order valence-corrected chi connectivity index (χ2v) is 8.11. The van der Waals surface area contributed by atoms with Gasteiger partial charge in [-0.2, -0.15) is 10.0 Å². The monoisotopic (exact) mass is 222 g/mol. The number of benzene rings is 1. The van der Waals surface area contributed by atoms with E-state index in [1.165, 1.54) is 0 Å². The zero-order chi connectivity index (χ0) is 11.3. The fourth-order valence-electron chi connectivity index (χ4n) is 1.10. The van der Waals surface area contributed by atoms with Crippen molar-refractivity contribution in [3.05, 3.63) is 35.4 Å². The summed E-state index contributed by atoms with van der Waals surface area (Å²) < 4.78 is 0. The molecule has 0 aliphatic heterocycles. The molecule has 0 saturated carbocycles. The summed E-state index contributed by atoms with van der Waals surface area (Å²) in [5, 5.41) is 12.0. The summed E-state index contributed by atoms with van der Waals surface area (Å²) in [7, 11) is -0.744. The number of hydrogen-bond acceptors (Lipinski definition) is 1. The van der Waals surface area contributed by atoms with Gasteiger partial charge in [0.2, 0.25) is 0 Å². The molecule has 2 heteroatoms. The van der Waals surface area contributed by atoms with E-state index in [9.17, 15) is 0 Å². The fraction of sp³-hybridized carbons (Fsp3) is 0.385. The van der Waals surface area contributed by atoms with Crippen molar-refractivity contribution in [2.24, 2.45) is 0 Å². The van der Waals surface area contributed by atoms with Gasteiger partial charge in [-0.3, -0.25) is 0 Å². The third kappa shape index (κ3) is 4.92. The molecule has 0 fully saturated rings. The molecular weight excluding hydrogens is 204 g/mol. The van der Waals surface area contributed by atoms with E-state index >= 15 is 0 Å². The van der Waals surface area contributed by atoms with Crippen molar-refractivity contribution >= 4 is 10.0 Å². The lowest BCUT2D eigenvalue weighted by Gasteiger charge is -2.14. The Labute approximate surface area is 93.8 Å². The van der Waals surface area contributed by atoms with Gasteiger partial charge in [-0.05, 0) is 48.1 Å². The van der Waals surface area contributed by atoms with Gasteiger partial charge in [-0.1, -0.05) is 18.1 Å². The Balaban J connectivity index is 2.75. The maximum absolute atomic E-state index is 8.77. The molecule has 0 aromatic heterocycles. The normalized spacial score (nSPS) is 11.7. The number of rotatable bonds is 2. The molecule has 0 amide bonds. The van der Waals surface area contributed by atoms with Crippen LogP contribution in [0.3, 0.4) is 0 Å². The lowest BCUT2D eigenvalue weighted by atomic mass is 10.1. The van der Waals surface area contributed by atoms with E-state index in [1.54, 1.807) is 0 Å². The molecule has 1 nitrogen and oxygen atoms in total. The first-order valence-corrected chi connectivity index (χ1v) is 7.78. The highest BCUT2D eigenvalue weighted by atomic mass is 32.3. The van der Waals surface area contributed by atoms with Crippen LogP contribution in [0.4, 0.5) is 0 Å². The molecule has 1 aromatic rings. The molecular formula is C13H18OS. The van der Waals surface area contributed by atoms with Gasteiger partial charge < -0.3 is 5.11 Å². The maximum atomic E-state index is 8.77. The molecule has 0 bridgehead atoms. The smallest absolute Gasteiger partial charge is 0.0471 e. The van der Waals surface area contributed by atoms with E-state index in [1.807, 2.05) is 24.3 Å². The molecule has 1 rings (SSSR count). The first-order chi connectivity index (χ1) is 7.01. The van der Waals surface area contributed by atoms with Crippen LogP contribution in [0, 0.1) is 11.2 Å². The molecule has 0 aliphatic carbocycles. The Morgan fingerprint density at radius 2 is 1.73 bits per heavy atom. The molecule has 0 atom stereocenters. The van der Waals surface area contributed by atoms with Gasteiger partial charge in [0.05, 0.1) is 0 Å². The number of hydrogen-bond donors (Lipinski definition) is 1. The van der Waals surface area contributed by atoms with Crippen molar-refractivity contribution in [3.8, 4) is 11.2 Å². The molecule has 0 unspecified atom stereocenters. The molecule has 0 saturated heterocycles. The van der Waals surface area contributed by atoms with Gasteiger partial charge in [0.25, 0.3) is 0 Å². The molecule has 1 N–H and O–H groups in total. The highest BCUT2D eigenvalue weighted by molar-refractivity contribution is 8.35. The second-order valence-electron chi connectivity index (χ2n) is 4.23. The van der Waals surface area contributed by atoms with Gasteiger partial charge >= 0.3 is 0 Å². The van der Waals surface area contributed by atoms with Gasteiger partial charge in [-0.15, -0.1) is 0 Å². The zero-order valence-corrected chi connectivity index (χ0v) is 10.4. The SMILES string of the molecule is CS(C)(C)C#Cc1ccc(CCO)cc1. The topological polar surface area (TPSA) is 20.2 Å². The van der Waals surface area contributed by atoms with Crippen molar-refractivity contribution in [1.82, 2.24) is 0 Å². The summed E-state index contributed by atoms with van der Waals surface area (Å²) in [4.78, 5) is 0. The molecule has 0 aliphatic rings. The van der Waals surface area contributed by atoms with Gasteiger partial charge in [0, 0.05) is 12.2 Å². The fourth-order valence-corrected chi connectivity index (χ4v) is 1.52. The predicted octanol–water partition coefficient (Wildman–Crippen LogP) is 2.22. The van der Waals surface area contributed by atoms with Crippen LogP contribution in [-0.2, 0) is 6.42 Å². The van der Waals surface area contributed by atoms with Crippen LogP contribution in [0.15, 0.2) is 24.3 Å². The average molecular weight is 222 g/mol. The Morgan fingerprint density at radius 3 is 2.20 bits per heavy atom. The van der Waals surface area contributed by atoms with Crippen LogP contribution in [0.25, 0.3) is 0 Å². The van der Waals surface area contributed by atoms with E-state index in [4.69, 9.17) is 5.11 Å². The summed E-state index contributed by atoms with van der Waals surface area (Å²) in [6, 6.07) is 8.09. The van der Waals surface area contributed by atoms with Crippen LogP contribution in [0.5, 0.6) is 0 Å². The van der Waals surface area contributed by atoms with Crippen LogP contribution in [-0.4, -0.2) is 30.5 Å². The lowest BCUT2D eigenvalue weighted by molar-refractivity contribution is 0.299. The maximum Gasteiger partial charge on any atom is 0.0471 e. The lowest BCUT2D eigenvalue weighted by Crippen LogP contribution is -1.90. The zero-order valence-electron chi connectivity index (χ0n) is 9.58. The van der Waals surface area contributed by atoms with Gasteiger partial charge in [0.1, 0.15) is 0 Å². The Hall–Kier alpha value is -0.910. The first kappa shape index (κ1) is 12.2. The molecule has 0 spiro atoms. The van der Waals surface area contributed by atoms with Crippen molar-refractivity contribution in [2.75, 3.05) is 25.4 Å². The van der Waals surface area contributed by atoms with E-state index in [2.05, 4.69) is 29.9 Å². The van der Waals surface area contributed by atoms with E-state index < -0.39 is 10.0 Å². The molecule has 0 radical (unpaired) electrons. The molecule has 1 aromatic carbocycles. The van der Waals surface area contributed by atoms with Crippen molar-refractivity contribution in [2.45, 2.75) is 6.42 Å². The van der Waals surface area contributed by atoms with Crippen molar-refractivity contribution < 1.29 is 5.11 Å². The molecule has 15 heavy (non-hydrogen) atoms. The van der Waals surface area contributed by atoms with Gasteiger partial charge in [-0.25, -0.2) is 0 Å². The minimum atomic E-state index is -0.744. The summed E-state index contributed by atoms with van der Waals surface area (Å²) >= 11 is 0. The Kier molecular flexibility index (Phi) is 4.26. The van der Waals surface area contributed by atoms with Crippen LogP contribution < -0.4 is 0 Å². The highest BCUT2D eigenvalue weighted by Crippen LogP contribution is 2.32. The minimum Gasteiger partial charge on any atom is -0.396 e. The van der Waals surface area contributed by atoms with Crippen molar-refractivity contribution in [3.63, 3.8) is 0 Å². The number of aliphatic hydroxyl groups is 1. The summed E-state index contributed by atoms with van der Waals surface area (Å²) in [5.41, 5.74) is 2.21. The second kappa shape index (κ2) is 5.25. The first-order valence-electron chi connectivity index (χ1n) is 4.92. The third-order valence-corrected chi connectivity index (χ3v) is 2.57. The Bertz CT molecular complexity index is 362. The molecule has 0 heterocycles. The highest BCUT2D eigenvalue weighted by Gasteiger charge is 1.96. The minimum absolute atomic E-state index is 0.206. The summed E-state index contributed by atoms with van der Waals surface area (Å²) in [6.45, 7) is 0.206. The predicted molar refractivity (Wildman–Crippen MR) is 69.5 cm³/mol. The van der Waals surface area contributed by atoms with Crippen LogP contribution in [0.2, 0.25) is 0 Å². The van der Waals surface area contributed by atoms with E-state index in [0.717, 1.165) is 17.5 Å². The standard InChI is InChI=1S/C13H18OS/c1-15(2,3)11-9-13-6-4-12(5-7-13)8-10-14/h4-7,14H,8,10H2,1-3H3. The summed E-state index contributed by atoms with van der Waals surface area (Å²) in [5.74, 6) is 3.18. The summed E-state index contributed by atoms with van der Waals surface area (Å²) in [6.07, 6.45) is 7.26. The van der Waals surface area contributed by atoms with E-state index in [-0.39, 0.29) is 6.61 Å².